The predicted octanol–water partition coefficient (Wildman–Crippen LogP) is 6.14. The lowest BCUT2D eigenvalue weighted by Crippen LogP contribution is -2.11. The van der Waals surface area contributed by atoms with E-state index >= 15 is 0 Å². The zero-order valence-electron chi connectivity index (χ0n) is 16.3. The van der Waals surface area contributed by atoms with E-state index in [1.54, 1.807) is 0 Å². The summed E-state index contributed by atoms with van der Waals surface area (Å²) in [7, 11) is 0. The molecule has 2 heterocycles. The zero-order chi connectivity index (χ0) is 18.9. The van der Waals surface area contributed by atoms with Crippen LogP contribution in [0.4, 0.5) is 11.5 Å². The molecule has 1 aromatic carbocycles. The maximum absolute atomic E-state index is 5.84. The van der Waals surface area contributed by atoms with Crippen LogP contribution in [-0.4, -0.2) is 15.5 Å². The van der Waals surface area contributed by atoms with Crippen LogP contribution in [0, 0.1) is 6.92 Å². The number of imidazole rings is 1. The molecule has 0 amide bonds. The summed E-state index contributed by atoms with van der Waals surface area (Å²) in [6.45, 7) is 12.5. The highest BCUT2D eigenvalue weighted by Crippen LogP contribution is 2.35. The van der Waals surface area contributed by atoms with Gasteiger partial charge in [-0.3, -0.25) is 4.40 Å². The third-order valence-electron chi connectivity index (χ3n) is 3.95. The maximum Gasteiger partial charge on any atom is 0.183 e. The highest BCUT2D eigenvalue weighted by atomic mass is 16.5. The Morgan fingerprint density at radius 1 is 1.08 bits per heavy atom. The van der Waals surface area contributed by atoms with Crippen LogP contribution < -0.4 is 4.74 Å². The van der Waals surface area contributed by atoms with Crippen molar-refractivity contribution in [3.8, 4) is 5.75 Å². The van der Waals surface area contributed by atoms with E-state index in [1.807, 2.05) is 48.7 Å². The van der Waals surface area contributed by atoms with Crippen LogP contribution in [0.15, 0.2) is 52.8 Å². The van der Waals surface area contributed by atoms with E-state index in [2.05, 4.69) is 50.1 Å². The van der Waals surface area contributed by atoms with Gasteiger partial charge in [0, 0.05) is 11.6 Å². The average molecular weight is 350 g/mol. The fraction of sp³-hybridized carbons (Fsp3) is 0.381. The number of hydrogen-bond donors (Lipinski definition) is 0. The van der Waals surface area contributed by atoms with Crippen molar-refractivity contribution in [3.05, 3.63) is 53.9 Å². The molecule has 3 rings (SSSR count). The number of ether oxygens (including phenoxy) is 1. The molecule has 26 heavy (non-hydrogen) atoms. The second kappa shape index (κ2) is 6.90. The first-order chi connectivity index (χ1) is 12.3. The first-order valence-corrected chi connectivity index (χ1v) is 8.92. The number of rotatable bonds is 4. The summed E-state index contributed by atoms with van der Waals surface area (Å²) in [6, 6.07) is 11.8. The molecule has 0 N–H and O–H groups in total. The van der Waals surface area contributed by atoms with Crippen LogP contribution in [0.3, 0.4) is 0 Å². The molecule has 3 aromatic rings. The lowest BCUT2D eigenvalue weighted by Gasteiger charge is -2.15. The highest BCUT2D eigenvalue weighted by molar-refractivity contribution is 5.56. The molecule has 0 unspecified atom stereocenters. The van der Waals surface area contributed by atoms with Crippen molar-refractivity contribution in [2.45, 2.75) is 53.1 Å². The summed E-state index contributed by atoms with van der Waals surface area (Å²) >= 11 is 0. The molecule has 0 bridgehead atoms. The van der Waals surface area contributed by atoms with Gasteiger partial charge in [-0.25, -0.2) is 4.98 Å². The standard InChI is InChI=1S/C21H26N4O/c1-14(2)26-17-10-8-7-9-16(17)23-24-20-19(21(4,5)6)22-18-13-15(3)11-12-25(18)20/h7-14H,1-6H3. The first kappa shape index (κ1) is 18.1. The molecule has 0 aliphatic heterocycles. The fourth-order valence-electron chi connectivity index (χ4n) is 2.73. The van der Waals surface area contributed by atoms with Gasteiger partial charge in [0.25, 0.3) is 0 Å². The number of aromatic nitrogens is 2. The third-order valence-corrected chi connectivity index (χ3v) is 3.95. The van der Waals surface area contributed by atoms with Crippen molar-refractivity contribution in [2.75, 3.05) is 0 Å². The summed E-state index contributed by atoms with van der Waals surface area (Å²) < 4.78 is 7.83. The molecule has 5 nitrogen and oxygen atoms in total. The van der Waals surface area contributed by atoms with Crippen molar-refractivity contribution < 1.29 is 4.74 Å². The SMILES string of the molecule is Cc1ccn2c(N=Nc3ccccc3OC(C)C)c(C(C)(C)C)nc2c1. The summed E-state index contributed by atoms with van der Waals surface area (Å²) in [5.41, 5.74) is 3.55. The number of azo groups is 1. The van der Waals surface area contributed by atoms with E-state index in [9.17, 15) is 0 Å². The van der Waals surface area contributed by atoms with Crippen LogP contribution >= 0.6 is 0 Å². The Bertz CT molecular complexity index is 948. The van der Waals surface area contributed by atoms with Crippen LogP contribution in [0.25, 0.3) is 5.65 Å². The molecular weight excluding hydrogens is 324 g/mol. The number of nitrogens with zero attached hydrogens (tertiary/aromatic N) is 4. The molecular formula is C21H26N4O. The molecule has 0 spiro atoms. The second-order valence-corrected chi connectivity index (χ2v) is 7.80. The van der Waals surface area contributed by atoms with Crippen LogP contribution in [0.2, 0.25) is 0 Å². The molecule has 0 atom stereocenters. The third kappa shape index (κ3) is 3.77. The molecule has 136 valence electrons. The van der Waals surface area contributed by atoms with Gasteiger partial charge >= 0.3 is 0 Å². The van der Waals surface area contributed by atoms with E-state index in [0.29, 0.717) is 5.69 Å². The minimum absolute atomic E-state index is 0.0789. The van der Waals surface area contributed by atoms with Crippen LogP contribution in [0.5, 0.6) is 5.75 Å². The normalized spacial score (nSPS) is 12.4. The van der Waals surface area contributed by atoms with Gasteiger partial charge < -0.3 is 4.74 Å². The van der Waals surface area contributed by atoms with Gasteiger partial charge in [-0.2, -0.15) is 0 Å². The fourth-order valence-corrected chi connectivity index (χ4v) is 2.73. The largest absolute Gasteiger partial charge is 0.489 e. The molecule has 0 aliphatic rings. The van der Waals surface area contributed by atoms with Crippen LogP contribution in [-0.2, 0) is 5.41 Å². The van der Waals surface area contributed by atoms with Crippen molar-refractivity contribution >= 4 is 17.2 Å². The van der Waals surface area contributed by atoms with Crippen LogP contribution in [0.1, 0.15) is 45.9 Å². The monoisotopic (exact) mass is 350 g/mol. The van der Waals surface area contributed by atoms with E-state index in [1.165, 1.54) is 5.56 Å². The quantitative estimate of drug-likeness (QED) is 0.530. The minimum atomic E-state index is -0.137. The summed E-state index contributed by atoms with van der Waals surface area (Å²) in [5, 5.41) is 9.06. The summed E-state index contributed by atoms with van der Waals surface area (Å²) in [5.74, 6) is 1.49. The minimum Gasteiger partial charge on any atom is -0.489 e. The van der Waals surface area contributed by atoms with Gasteiger partial charge in [0.2, 0.25) is 0 Å². The number of fused-ring (bicyclic) bond motifs is 1. The average Bonchev–Trinajstić information content (AvgIpc) is 2.91. The molecule has 5 heteroatoms. The Morgan fingerprint density at radius 2 is 1.81 bits per heavy atom. The number of para-hydroxylation sites is 1. The zero-order valence-corrected chi connectivity index (χ0v) is 16.3. The second-order valence-electron chi connectivity index (χ2n) is 7.80. The van der Waals surface area contributed by atoms with Gasteiger partial charge in [-0.05, 0) is 50.6 Å². The predicted molar refractivity (Wildman–Crippen MR) is 105 cm³/mol. The smallest absolute Gasteiger partial charge is 0.183 e. The van der Waals surface area contributed by atoms with Gasteiger partial charge in [-0.1, -0.05) is 32.9 Å². The lowest BCUT2D eigenvalue weighted by molar-refractivity contribution is 0.243. The number of pyridine rings is 1. The van der Waals surface area contributed by atoms with E-state index in [0.717, 1.165) is 22.9 Å². The number of aryl methyl sites for hydroxylation is 1. The Morgan fingerprint density at radius 3 is 2.50 bits per heavy atom. The van der Waals surface area contributed by atoms with Crippen molar-refractivity contribution in [2.24, 2.45) is 10.2 Å². The maximum atomic E-state index is 5.84. The van der Waals surface area contributed by atoms with Crippen molar-refractivity contribution in [1.29, 1.82) is 0 Å². The molecule has 2 aromatic heterocycles. The van der Waals surface area contributed by atoms with E-state index in [4.69, 9.17) is 9.72 Å². The first-order valence-electron chi connectivity index (χ1n) is 8.92. The summed E-state index contributed by atoms with van der Waals surface area (Å²) in [6.07, 6.45) is 2.08. The lowest BCUT2D eigenvalue weighted by atomic mass is 9.92. The van der Waals surface area contributed by atoms with Crippen molar-refractivity contribution in [1.82, 2.24) is 9.38 Å². The number of hydrogen-bond acceptors (Lipinski definition) is 4. The Hall–Kier alpha value is -2.69. The van der Waals surface area contributed by atoms with Crippen molar-refractivity contribution in [3.63, 3.8) is 0 Å². The Labute approximate surface area is 154 Å². The number of benzene rings is 1. The summed E-state index contributed by atoms with van der Waals surface area (Å²) in [4.78, 5) is 4.81. The highest BCUT2D eigenvalue weighted by Gasteiger charge is 2.24. The molecule has 0 saturated carbocycles. The molecule has 0 radical (unpaired) electrons. The van der Waals surface area contributed by atoms with Gasteiger partial charge in [0.15, 0.2) is 5.82 Å². The van der Waals surface area contributed by atoms with Gasteiger partial charge in [0.05, 0.1) is 11.8 Å². The topological polar surface area (TPSA) is 51.2 Å². The molecule has 0 fully saturated rings. The molecule has 0 saturated heterocycles. The van der Waals surface area contributed by atoms with Gasteiger partial charge in [-0.15, -0.1) is 10.2 Å². The Kier molecular flexibility index (Phi) is 4.81. The molecule has 0 aliphatic carbocycles. The Balaban J connectivity index is 2.10. The van der Waals surface area contributed by atoms with E-state index in [-0.39, 0.29) is 11.5 Å². The van der Waals surface area contributed by atoms with E-state index < -0.39 is 0 Å². The van der Waals surface area contributed by atoms with Gasteiger partial charge in [0.1, 0.15) is 17.1 Å².